The molecule has 1 atom stereocenters. The van der Waals surface area contributed by atoms with Crippen molar-refractivity contribution in [2.24, 2.45) is 0 Å². The number of rotatable bonds is 6. The molecule has 24 heavy (non-hydrogen) atoms. The van der Waals surface area contributed by atoms with Crippen LogP contribution in [0.25, 0.3) is 0 Å². The number of benzene rings is 1. The number of anilines is 1. The minimum absolute atomic E-state index is 0.236. The lowest BCUT2D eigenvalue weighted by Gasteiger charge is -2.18. The van der Waals surface area contributed by atoms with Gasteiger partial charge in [0, 0.05) is 10.6 Å². The minimum atomic E-state index is -4.75. The Balaban J connectivity index is 2.20. The van der Waals surface area contributed by atoms with Gasteiger partial charge < -0.3 is 14.8 Å². The fourth-order valence-corrected chi connectivity index (χ4v) is 2.84. The Kier molecular flexibility index (Phi) is 5.71. The van der Waals surface area contributed by atoms with E-state index in [0.717, 1.165) is 4.88 Å². The molecule has 1 N–H and O–H groups in total. The highest BCUT2D eigenvalue weighted by Gasteiger charge is 2.32. The summed E-state index contributed by atoms with van der Waals surface area (Å²) in [7, 11) is 0. The molecule has 0 radical (unpaired) electrons. The van der Waals surface area contributed by atoms with Crippen LogP contribution in [0, 0.1) is 6.92 Å². The minimum Gasteiger partial charge on any atom is -0.464 e. The molecule has 2 aromatic rings. The van der Waals surface area contributed by atoms with Crippen molar-refractivity contribution in [3.05, 3.63) is 46.2 Å². The van der Waals surface area contributed by atoms with Gasteiger partial charge in [-0.05, 0) is 49.1 Å². The highest BCUT2D eigenvalue weighted by Crippen LogP contribution is 2.30. The van der Waals surface area contributed by atoms with Crippen molar-refractivity contribution in [3.63, 3.8) is 0 Å². The summed E-state index contributed by atoms with van der Waals surface area (Å²) in [6.45, 7) is 3.44. The molecule has 0 saturated heterocycles. The zero-order valence-electron chi connectivity index (χ0n) is 13.0. The molecular weight excluding hydrogens is 343 g/mol. The molecule has 0 aliphatic carbocycles. The number of thiophene rings is 1. The Labute approximate surface area is 141 Å². The summed E-state index contributed by atoms with van der Waals surface area (Å²) in [5, 5.41) is 4.82. The fraction of sp³-hybridized carbons (Fsp3) is 0.312. The van der Waals surface area contributed by atoms with E-state index in [1.807, 2.05) is 5.38 Å². The molecule has 0 amide bonds. The number of alkyl halides is 3. The summed E-state index contributed by atoms with van der Waals surface area (Å²) in [6, 6.07) is 6.99. The van der Waals surface area contributed by atoms with Crippen molar-refractivity contribution in [2.45, 2.75) is 26.3 Å². The van der Waals surface area contributed by atoms with E-state index < -0.39 is 18.4 Å². The first-order valence-corrected chi connectivity index (χ1v) is 8.01. The lowest BCUT2D eigenvalue weighted by atomic mass is 10.1. The molecule has 0 spiro atoms. The van der Waals surface area contributed by atoms with Crippen LogP contribution in [-0.2, 0) is 9.53 Å². The SMILES string of the molecule is CCOC(=O)C(Nc1ccc(OC(F)(F)F)c(C)c1)c1cccs1. The second-order valence-corrected chi connectivity index (χ2v) is 5.85. The van der Waals surface area contributed by atoms with Crippen molar-refractivity contribution in [1.82, 2.24) is 0 Å². The van der Waals surface area contributed by atoms with E-state index in [4.69, 9.17) is 4.74 Å². The van der Waals surface area contributed by atoms with E-state index in [0.29, 0.717) is 11.3 Å². The lowest BCUT2D eigenvalue weighted by Crippen LogP contribution is -2.22. The van der Waals surface area contributed by atoms with Gasteiger partial charge in [-0.1, -0.05) is 6.07 Å². The van der Waals surface area contributed by atoms with Crippen molar-refractivity contribution in [1.29, 1.82) is 0 Å². The molecule has 8 heteroatoms. The van der Waals surface area contributed by atoms with Crippen LogP contribution in [0.3, 0.4) is 0 Å². The molecule has 4 nitrogen and oxygen atoms in total. The van der Waals surface area contributed by atoms with Crippen molar-refractivity contribution < 1.29 is 27.4 Å². The molecule has 1 heterocycles. The largest absolute Gasteiger partial charge is 0.573 e. The number of halogens is 3. The van der Waals surface area contributed by atoms with Crippen LogP contribution in [0.4, 0.5) is 18.9 Å². The van der Waals surface area contributed by atoms with Gasteiger partial charge in [-0.25, -0.2) is 4.79 Å². The Bertz CT molecular complexity index is 686. The molecule has 2 rings (SSSR count). The third-order valence-electron chi connectivity index (χ3n) is 3.06. The van der Waals surface area contributed by atoms with Crippen molar-refractivity contribution in [3.8, 4) is 5.75 Å². The van der Waals surface area contributed by atoms with Gasteiger partial charge >= 0.3 is 12.3 Å². The summed E-state index contributed by atoms with van der Waals surface area (Å²) in [4.78, 5) is 12.9. The second-order valence-electron chi connectivity index (χ2n) is 4.87. The van der Waals surface area contributed by atoms with Crippen LogP contribution in [0.15, 0.2) is 35.7 Å². The summed E-state index contributed by atoms with van der Waals surface area (Å²) < 4.78 is 45.9. The average Bonchev–Trinajstić information content (AvgIpc) is 3.00. The number of carbonyl (C=O) groups is 1. The molecule has 0 saturated carbocycles. The first-order valence-electron chi connectivity index (χ1n) is 7.13. The van der Waals surface area contributed by atoms with Gasteiger partial charge in [0.25, 0.3) is 0 Å². The standard InChI is InChI=1S/C16H16F3NO3S/c1-3-22-15(21)14(13-5-4-8-24-13)20-11-6-7-12(10(2)9-11)23-16(17,18)19/h4-9,14,20H,3H2,1-2H3. The monoisotopic (exact) mass is 359 g/mol. The molecule has 1 aromatic heterocycles. The van der Waals surface area contributed by atoms with E-state index in [9.17, 15) is 18.0 Å². The third kappa shape index (κ3) is 4.89. The zero-order chi connectivity index (χ0) is 17.7. The van der Waals surface area contributed by atoms with E-state index >= 15 is 0 Å². The fourth-order valence-electron chi connectivity index (χ4n) is 2.07. The molecule has 0 fully saturated rings. The van der Waals surface area contributed by atoms with Gasteiger partial charge in [-0.15, -0.1) is 24.5 Å². The molecular formula is C16H16F3NO3S. The number of esters is 1. The zero-order valence-corrected chi connectivity index (χ0v) is 13.8. The predicted molar refractivity (Wildman–Crippen MR) is 85.2 cm³/mol. The number of hydrogen-bond acceptors (Lipinski definition) is 5. The Morgan fingerprint density at radius 1 is 1.33 bits per heavy atom. The number of carbonyl (C=O) groups excluding carboxylic acids is 1. The number of ether oxygens (including phenoxy) is 2. The Hall–Kier alpha value is -2.22. The number of nitrogens with one attached hydrogen (secondary N) is 1. The van der Waals surface area contributed by atoms with Crippen LogP contribution < -0.4 is 10.1 Å². The van der Waals surface area contributed by atoms with Gasteiger partial charge in [0.1, 0.15) is 5.75 Å². The maximum absolute atomic E-state index is 12.3. The quantitative estimate of drug-likeness (QED) is 0.762. The number of aryl methyl sites for hydroxylation is 1. The van der Waals surface area contributed by atoms with Gasteiger partial charge in [0.2, 0.25) is 0 Å². The highest BCUT2D eigenvalue weighted by atomic mass is 32.1. The van der Waals surface area contributed by atoms with E-state index in [1.165, 1.54) is 36.5 Å². The van der Waals surface area contributed by atoms with E-state index in [2.05, 4.69) is 10.1 Å². The lowest BCUT2D eigenvalue weighted by molar-refractivity contribution is -0.274. The van der Waals surface area contributed by atoms with Crippen molar-refractivity contribution >= 4 is 23.0 Å². The van der Waals surface area contributed by atoms with Crippen LogP contribution in [0.2, 0.25) is 0 Å². The van der Waals surface area contributed by atoms with Crippen molar-refractivity contribution in [2.75, 3.05) is 11.9 Å². The van der Waals surface area contributed by atoms with Gasteiger partial charge in [0.05, 0.1) is 6.61 Å². The Morgan fingerprint density at radius 2 is 2.08 bits per heavy atom. The average molecular weight is 359 g/mol. The van der Waals surface area contributed by atoms with Crippen LogP contribution in [-0.4, -0.2) is 18.9 Å². The molecule has 0 aliphatic heterocycles. The maximum Gasteiger partial charge on any atom is 0.573 e. The highest BCUT2D eigenvalue weighted by molar-refractivity contribution is 7.10. The predicted octanol–water partition coefficient (Wildman–Crippen LogP) is 4.67. The van der Waals surface area contributed by atoms with E-state index in [1.54, 1.807) is 19.1 Å². The molecule has 0 bridgehead atoms. The topological polar surface area (TPSA) is 47.6 Å². The maximum atomic E-state index is 12.3. The van der Waals surface area contributed by atoms with Gasteiger partial charge in [0.15, 0.2) is 6.04 Å². The van der Waals surface area contributed by atoms with Gasteiger partial charge in [-0.3, -0.25) is 0 Å². The summed E-state index contributed by atoms with van der Waals surface area (Å²) in [5.74, 6) is -0.731. The molecule has 1 aromatic carbocycles. The van der Waals surface area contributed by atoms with Gasteiger partial charge in [-0.2, -0.15) is 0 Å². The Morgan fingerprint density at radius 3 is 2.62 bits per heavy atom. The smallest absolute Gasteiger partial charge is 0.464 e. The first kappa shape index (κ1) is 18.1. The summed E-state index contributed by atoms with van der Waals surface area (Å²) in [5.41, 5.74) is 0.791. The number of hydrogen-bond donors (Lipinski definition) is 1. The molecule has 130 valence electrons. The summed E-state index contributed by atoms with van der Waals surface area (Å²) in [6.07, 6.45) is -4.75. The third-order valence-corrected chi connectivity index (χ3v) is 4.00. The van der Waals surface area contributed by atoms with Crippen LogP contribution in [0.1, 0.15) is 23.4 Å². The van der Waals surface area contributed by atoms with Crippen LogP contribution in [0.5, 0.6) is 5.75 Å². The molecule has 0 aliphatic rings. The summed E-state index contributed by atoms with van der Waals surface area (Å²) >= 11 is 1.38. The first-order chi connectivity index (χ1) is 11.3. The van der Waals surface area contributed by atoms with Crippen LogP contribution >= 0.6 is 11.3 Å². The normalized spacial score (nSPS) is 12.5. The molecule has 1 unspecified atom stereocenters. The second kappa shape index (κ2) is 7.57. The van der Waals surface area contributed by atoms with E-state index in [-0.39, 0.29) is 12.4 Å².